The van der Waals surface area contributed by atoms with Crippen LogP contribution in [-0.4, -0.2) is 16.0 Å². The molecule has 0 saturated carbocycles. The summed E-state index contributed by atoms with van der Waals surface area (Å²) < 4.78 is 1.21. The Labute approximate surface area is 144 Å². The van der Waals surface area contributed by atoms with Crippen LogP contribution in [0.25, 0.3) is 0 Å². The van der Waals surface area contributed by atoms with Gasteiger partial charge in [-0.15, -0.1) is 0 Å². The van der Waals surface area contributed by atoms with Crippen LogP contribution in [0.15, 0.2) is 60.7 Å². The Kier molecular flexibility index (Phi) is 4.20. The molecule has 0 saturated heterocycles. The molecule has 122 valence electrons. The molecule has 1 atom stereocenters. The van der Waals surface area contributed by atoms with E-state index in [1.54, 1.807) is 0 Å². The lowest BCUT2D eigenvalue weighted by Crippen LogP contribution is -2.33. The maximum atomic E-state index is 13.1. The zero-order chi connectivity index (χ0) is 17.2. The molecule has 0 bridgehead atoms. The number of rotatable bonds is 2. The van der Waals surface area contributed by atoms with Gasteiger partial charge >= 0.3 is 0 Å². The van der Waals surface area contributed by atoms with Crippen LogP contribution < -0.4 is 0 Å². The van der Waals surface area contributed by atoms with Gasteiger partial charge in [0, 0.05) is 24.5 Å². The van der Waals surface area contributed by atoms with Gasteiger partial charge in [-0.1, -0.05) is 48.2 Å². The van der Waals surface area contributed by atoms with E-state index in [9.17, 15) is 5.21 Å². The molecule has 0 amide bonds. The minimum absolute atomic E-state index is 0.160. The first-order valence-electron chi connectivity index (χ1n) is 8.37. The molecule has 2 aromatic rings. The monoisotopic (exact) mass is 317 g/mol. The van der Waals surface area contributed by atoms with Crippen molar-refractivity contribution < 1.29 is 4.74 Å². The Morgan fingerprint density at radius 1 is 0.958 bits per heavy atom. The molecule has 3 rings (SSSR count). The lowest BCUT2D eigenvalue weighted by Gasteiger charge is -2.22. The third kappa shape index (κ3) is 3.08. The molecule has 1 unspecified atom stereocenters. The van der Waals surface area contributed by atoms with Gasteiger partial charge in [0.05, 0.1) is 11.8 Å². The van der Waals surface area contributed by atoms with Crippen molar-refractivity contribution in [3.05, 3.63) is 77.0 Å². The SMILES string of the molecule is CC1(C)CC(C)(CC#Cc2ccccc2)[N+]([O-])=C1c1ccccc1. The molecule has 0 N–H and O–H groups in total. The van der Waals surface area contributed by atoms with Gasteiger partial charge in [-0.3, -0.25) is 0 Å². The van der Waals surface area contributed by atoms with Crippen molar-refractivity contribution in [3.8, 4) is 11.8 Å². The fraction of sp³-hybridized carbons (Fsp3) is 0.318. The van der Waals surface area contributed by atoms with E-state index in [0.29, 0.717) is 6.42 Å². The van der Waals surface area contributed by atoms with Crippen molar-refractivity contribution in [2.45, 2.75) is 39.2 Å². The van der Waals surface area contributed by atoms with Crippen molar-refractivity contribution in [2.75, 3.05) is 0 Å². The Morgan fingerprint density at radius 2 is 1.54 bits per heavy atom. The maximum absolute atomic E-state index is 13.1. The average Bonchev–Trinajstić information content (AvgIpc) is 2.74. The Balaban J connectivity index is 1.91. The highest BCUT2D eigenvalue weighted by molar-refractivity contribution is 6.01. The fourth-order valence-electron chi connectivity index (χ4n) is 3.75. The number of hydroxylamine groups is 1. The van der Waals surface area contributed by atoms with Crippen LogP contribution in [0.3, 0.4) is 0 Å². The van der Waals surface area contributed by atoms with Gasteiger partial charge in [0.25, 0.3) is 0 Å². The molecule has 1 aliphatic rings. The van der Waals surface area contributed by atoms with Crippen LogP contribution in [-0.2, 0) is 0 Å². The minimum Gasteiger partial charge on any atom is -0.623 e. The summed E-state index contributed by atoms with van der Waals surface area (Å²) in [4.78, 5) is 0. The predicted molar refractivity (Wildman–Crippen MR) is 98.9 cm³/mol. The summed E-state index contributed by atoms with van der Waals surface area (Å²) in [5, 5.41) is 13.1. The lowest BCUT2D eigenvalue weighted by atomic mass is 9.77. The van der Waals surface area contributed by atoms with E-state index in [2.05, 4.69) is 25.7 Å². The summed E-state index contributed by atoms with van der Waals surface area (Å²) >= 11 is 0. The highest BCUT2D eigenvalue weighted by Gasteiger charge is 2.52. The molecule has 2 aromatic carbocycles. The molecule has 0 radical (unpaired) electrons. The van der Waals surface area contributed by atoms with Crippen LogP contribution in [0.5, 0.6) is 0 Å². The van der Waals surface area contributed by atoms with Crippen LogP contribution in [0, 0.1) is 22.5 Å². The predicted octanol–water partition coefficient (Wildman–Crippen LogP) is 4.62. The lowest BCUT2D eigenvalue weighted by molar-refractivity contribution is -0.534. The van der Waals surface area contributed by atoms with Crippen LogP contribution >= 0.6 is 0 Å². The number of benzene rings is 2. The Bertz CT molecular complexity index is 809. The minimum atomic E-state index is -0.490. The normalized spacial score (nSPS) is 22.1. The van der Waals surface area contributed by atoms with Gasteiger partial charge in [-0.25, -0.2) is 4.74 Å². The van der Waals surface area contributed by atoms with Crippen molar-refractivity contribution in [1.29, 1.82) is 0 Å². The van der Waals surface area contributed by atoms with Crippen molar-refractivity contribution in [3.63, 3.8) is 0 Å². The molecule has 1 aliphatic heterocycles. The van der Waals surface area contributed by atoms with Gasteiger partial charge in [0.1, 0.15) is 0 Å². The average molecular weight is 317 g/mol. The molecular formula is C22H23NO. The van der Waals surface area contributed by atoms with E-state index >= 15 is 0 Å². The second-order valence-corrected chi connectivity index (χ2v) is 7.41. The Hall–Kier alpha value is -2.53. The van der Waals surface area contributed by atoms with E-state index in [1.807, 2.05) is 67.6 Å². The number of hydrogen-bond acceptors (Lipinski definition) is 1. The van der Waals surface area contributed by atoms with Gasteiger partial charge in [-0.2, -0.15) is 0 Å². The van der Waals surface area contributed by atoms with Crippen LogP contribution in [0.4, 0.5) is 0 Å². The third-order valence-corrected chi connectivity index (χ3v) is 4.68. The smallest absolute Gasteiger partial charge is 0.200 e. The largest absolute Gasteiger partial charge is 0.623 e. The second kappa shape index (κ2) is 6.17. The molecule has 0 aliphatic carbocycles. The molecule has 1 heterocycles. The van der Waals surface area contributed by atoms with Crippen molar-refractivity contribution in [2.24, 2.45) is 5.41 Å². The van der Waals surface area contributed by atoms with Crippen LogP contribution in [0.1, 0.15) is 44.7 Å². The van der Waals surface area contributed by atoms with E-state index in [1.165, 1.54) is 4.74 Å². The van der Waals surface area contributed by atoms with E-state index < -0.39 is 5.54 Å². The first-order chi connectivity index (χ1) is 11.4. The van der Waals surface area contributed by atoms with Crippen LogP contribution in [0.2, 0.25) is 0 Å². The Morgan fingerprint density at radius 3 is 2.17 bits per heavy atom. The zero-order valence-electron chi connectivity index (χ0n) is 14.5. The summed E-state index contributed by atoms with van der Waals surface area (Å²) in [6.07, 6.45) is 1.36. The maximum Gasteiger partial charge on any atom is 0.200 e. The van der Waals surface area contributed by atoms with Crippen molar-refractivity contribution >= 4 is 5.71 Å². The number of nitrogens with zero attached hydrogens (tertiary/aromatic N) is 1. The van der Waals surface area contributed by atoms with Gasteiger partial charge in [0.15, 0.2) is 5.54 Å². The highest BCUT2D eigenvalue weighted by atomic mass is 16.5. The van der Waals surface area contributed by atoms with E-state index in [0.717, 1.165) is 23.3 Å². The first-order valence-corrected chi connectivity index (χ1v) is 8.37. The van der Waals surface area contributed by atoms with Crippen molar-refractivity contribution in [1.82, 2.24) is 0 Å². The molecular weight excluding hydrogens is 294 g/mol. The van der Waals surface area contributed by atoms with E-state index in [-0.39, 0.29) is 5.41 Å². The molecule has 24 heavy (non-hydrogen) atoms. The molecule has 0 fully saturated rings. The molecule has 0 spiro atoms. The number of hydrogen-bond donors (Lipinski definition) is 0. The van der Waals surface area contributed by atoms with Gasteiger partial charge in [0.2, 0.25) is 5.71 Å². The molecule has 2 nitrogen and oxygen atoms in total. The van der Waals surface area contributed by atoms with E-state index in [4.69, 9.17) is 0 Å². The fourth-order valence-corrected chi connectivity index (χ4v) is 3.75. The molecule has 0 aromatic heterocycles. The summed E-state index contributed by atoms with van der Waals surface area (Å²) in [6.45, 7) is 6.32. The zero-order valence-corrected chi connectivity index (χ0v) is 14.5. The summed E-state index contributed by atoms with van der Waals surface area (Å²) in [6, 6.07) is 19.9. The topological polar surface area (TPSA) is 26.1 Å². The first kappa shape index (κ1) is 16.3. The summed E-state index contributed by atoms with van der Waals surface area (Å²) in [5.41, 5.74) is 2.22. The summed E-state index contributed by atoms with van der Waals surface area (Å²) in [7, 11) is 0. The van der Waals surface area contributed by atoms with Gasteiger partial charge in [-0.05, 0) is 38.1 Å². The standard InChI is InChI=1S/C22H23NO/c1-21(2)17-22(3,16-10-13-18-11-6-4-7-12-18)23(24)20(21)19-14-8-5-9-15-19/h4-9,11-12,14-15H,16-17H2,1-3H3. The summed E-state index contributed by atoms with van der Waals surface area (Å²) in [5.74, 6) is 6.39. The van der Waals surface area contributed by atoms with Gasteiger partial charge < -0.3 is 5.21 Å². The molecule has 2 heteroatoms. The second-order valence-electron chi connectivity index (χ2n) is 7.41. The third-order valence-electron chi connectivity index (χ3n) is 4.68. The highest BCUT2D eigenvalue weighted by Crippen LogP contribution is 2.42. The quantitative estimate of drug-likeness (QED) is 0.451.